The van der Waals surface area contributed by atoms with Crippen LogP contribution in [0.4, 0.5) is 4.79 Å². The van der Waals surface area contributed by atoms with Gasteiger partial charge in [-0.05, 0) is 43.1 Å². The van der Waals surface area contributed by atoms with Crippen LogP contribution in [0.5, 0.6) is 0 Å². The van der Waals surface area contributed by atoms with Crippen LogP contribution in [0.25, 0.3) is 0 Å². The number of carbonyl (C=O) groups excluding carboxylic acids is 1. The normalized spacial score (nSPS) is 11.3. The van der Waals surface area contributed by atoms with E-state index in [1.54, 1.807) is 6.33 Å². The SMILES string of the molecule is CC(C)(C)OC(=O)NCCCn1cnc(Br)c1. The van der Waals surface area contributed by atoms with Gasteiger partial charge in [0.2, 0.25) is 0 Å². The number of aryl methyl sites for hydroxylation is 1. The monoisotopic (exact) mass is 303 g/mol. The van der Waals surface area contributed by atoms with E-state index in [9.17, 15) is 4.79 Å². The second-order valence-electron chi connectivity index (χ2n) is 4.72. The minimum atomic E-state index is -0.445. The fourth-order valence-corrected chi connectivity index (χ4v) is 1.58. The maximum atomic E-state index is 11.3. The quantitative estimate of drug-likeness (QED) is 0.870. The Kier molecular flexibility index (Phi) is 4.99. The minimum absolute atomic E-state index is 0.371. The highest BCUT2D eigenvalue weighted by Crippen LogP contribution is 2.06. The Bertz CT molecular complexity index is 371. The lowest BCUT2D eigenvalue weighted by atomic mass is 10.2. The third-order valence-electron chi connectivity index (χ3n) is 1.86. The summed E-state index contributed by atoms with van der Waals surface area (Å²) in [6.07, 6.45) is 4.11. The summed E-state index contributed by atoms with van der Waals surface area (Å²) in [4.78, 5) is 15.4. The summed E-state index contributed by atoms with van der Waals surface area (Å²) in [5.74, 6) is 0. The smallest absolute Gasteiger partial charge is 0.407 e. The van der Waals surface area contributed by atoms with Gasteiger partial charge in [-0.3, -0.25) is 0 Å². The number of imidazole rings is 1. The van der Waals surface area contributed by atoms with Crippen molar-refractivity contribution in [1.29, 1.82) is 0 Å². The molecule has 0 saturated carbocycles. The largest absolute Gasteiger partial charge is 0.444 e. The van der Waals surface area contributed by atoms with Gasteiger partial charge < -0.3 is 14.6 Å². The number of nitrogens with zero attached hydrogens (tertiary/aromatic N) is 2. The number of rotatable bonds is 4. The van der Waals surface area contributed by atoms with Crippen molar-refractivity contribution >= 4 is 22.0 Å². The number of amides is 1. The van der Waals surface area contributed by atoms with Gasteiger partial charge in [0.25, 0.3) is 0 Å². The molecule has 0 aromatic carbocycles. The van der Waals surface area contributed by atoms with E-state index in [-0.39, 0.29) is 6.09 Å². The van der Waals surface area contributed by atoms with E-state index in [1.807, 2.05) is 31.5 Å². The molecule has 5 nitrogen and oxygen atoms in total. The van der Waals surface area contributed by atoms with Crippen LogP contribution in [0.1, 0.15) is 27.2 Å². The van der Waals surface area contributed by atoms with E-state index < -0.39 is 5.60 Å². The lowest BCUT2D eigenvalue weighted by Crippen LogP contribution is -2.33. The van der Waals surface area contributed by atoms with Gasteiger partial charge in [0, 0.05) is 19.3 Å². The maximum absolute atomic E-state index is 11.3. The molecule has 1 N–H and O–H groups in total. The lowest BCUT2D eigenvalue weighted by Gasteiger charge is -2.19. The van der Waals surface area contributed by atoms with Gasteiger partial charge in [-0.15, -0.1) is 0 Å². The number of alkyl carbamates (subject to hydrolysis) is 1. The molecule has 0 unspecified atom stereocenters. The summed E-state index contributed by atoms with van der Waals surface area (Å²) < 4.78 is 7.89. The second-order valence-corrected chi connectivity index (χ2v) is 5.53. The van der Waals surface area contributed by atoms with Crippen LogP contribution in [0.2, 0.25) is 0 Å². The lowest BCUT2D eigenvalue weighted by molar-refractivity contribution is 0.0526. The van der Waals surface area contributed by atoms with E-state index in [2.05, 4.69) is 26.2 Å². The van der Waals surface area contributed by atoms with E-state index in [0.29, 0.717) is 6.54 Å². The van der Waals surface area contributed by atoms with Gasteiger partial charge in [0.1, 0.15) is 10.2 Å². The van der Waals surface area contributed by atoms with Crippen molar-refractivity contribution in [2.45, 2.75) is 39.3 Å². The number of aromatic nitrogens is 2. The van der Waals surface area contributed by atoms with E-state index >= 15 is 0 Å². The zero-order valence-corrected chi connectivity index (χ0v) is 12.0. The first-order valence-electron chi connectivity index (χ1n) is 5.51. The Morgan fingerprint density at radius 2 is 2.29 bits per heavy atom. The van der Waals surface area contributed by atoms with Crippen molar-refractivity contribution in [3.8, 4) is 0 Å². The van der Waals surface area contributed by atoms with Gasteiger partial charge in [-0.25, -0.2) is 9.78 Å². The Labute approximate surface area is 110 Å². The highest BCUT2D eigenvalue weighted by Gasteiger charge is 2.15. The Balaban J connectivity index is 2.14. The first-order valence-corrected chi connectivity index (χ1v) is 6.30. The molecule has 0 aliphatic rings. The fraction of sp³-hybridized carbons (Fsp3) is 0.636. The topological polar surface area (TPSA) is 56.1 Å². The standard InChI is InChI=1S/C11H18BrN3O2/c1-11(2,3)17-10(16)13-5-4-6-15-7-9(12)14-8-15/h7-8H,4-6H2,1-3H3,(H,13,16). The molecule has 0 spiro atoms. The molecule has 1 heterocycles. The predicted molar refractivity (Wildman–Crippen MR) is 68.8 cm³/mol. The van der Waals surface area contributed by atoms with Gasteiger partial charge in [-0.1, -0.05) is 0 Å². The third kappa shape index (κ3) is 6.31. The van der Waals surface area contributed by atoms with Crippen LogP contribution in [0, 0.1) is 0 Å². The molecular weight excluding hydrogens is 286 g/mol. The molecular formula is C11H18BrN3O2. The van der Waals surface area contributed by atoms with Crippen molar-refractivity contribution in [2.24, 2.45) is 0 Å². The molecule has 0 aliphatic carbocycles. The molecule has 0 saturated heterocycles. The zero-order valence-electron chi connectivity index (χ0n) is 10.4. The number of ether oxygens (including phenoxy) is 1. The van der Waals surface area contributed by atoms with E-state index in [1.165, 1.54) is 0 Å². The number of halogens is 1. The van der Waals surface area contributed by atoms with Gasteiger partial charge in [0.15, 0.2) is 0 Å². The molecule has 0 fully saturated rings. The zero-order chi connectivity index (χ0) is 12.9. The molecule has 1 amide bonds. The van der Waals surface area contributed by atoms with Crippen LogP contribution in [-0.4, -0.2) is 27.8 Å². The summed E-state index contributed by atoms with van der Waals surface area (Å²) >= 11 is 3.28. The molecule has 96 valence electrons. The third-order valence-corrected chi connectivity index (χ3v) is 2.27. The Morgan fingerprint density at radius 3 is 2.82 bits per heavy atom. The first-order chi connectivity index (χ1) is 7.87. The summed E-state index contributed by atoms with van der Waals surface area (Å²) in [5, 5.41) is 2.71. The highest BCUT2D eigenvalue weighted by atomic mass is 79.9. The van der Waals surface area contributed by atoms with Crippen molar-refractivity contribution in [2.75, 3.05) is 6.54 Å². The number of hydrogen-bond acceptors (Lipinski definition) is 3. The average Bonchev–Trinajstić information content (AvgIpc) is 2.56. The molecule has 0 aliphatic heterocycles. The number of hydrogen-bond donors (Lipinski definition) is 1. The van der Waals surface area contributed by atoms with Crippen LogP contribution in [-0.2, 0) is 11.3 Å². The molecule has 6 heteroatoms. The first kappa shape index (κ1) is 14.0. The van der Waals surface area contributed by atoms with Crippen LogP contribution in [0.3, 0.4) is 0 Å². The molecule has 1 aromatic heterocycles. The van der Waals surface area contributed by atoms with Crippen LogP contribution < -0.4 is 5.32 Å². The molecule has 17 heavy (non-hydrogen) atoms. The number of nitrogens with one attached hydrogen (secondary N) is 1. The minimum Gasteiger partial charge on any atom is -0.444 e. The molecule has 0 bridgehead atoms. The maximum Gasteiger partial charge on any atom is 0.407 e. The molecule has 0 radical (unpaired) electrons. The Hall–Kier alpha value is -1.04. The van der Waals surface area contributed by atoms with Crippen molar-refractivity contribution in [1.82, 2.24) is 14.9 Å². The predicted octanol–water partition coefficient (Wildman–Crippen LogP) is 2.56. The fourth-order valence-electron chi connectivity index (χ4n) is 1.22. The van der Waals surface area contributed by atoms with E-state index in [4.69, 9.17) is 4.74 Å². The highest BCUT2D eigenvalue weighted by molar-refractivity contribution is 9.10. The summed E-state index contributed by atoms with van der Waals surface area (Å²) in [6, 6.07) is 0. The van der Waals surface area contributed by atoms with Gasteiger partial charge >= 0.3 is 6.09 Å². The molecule has 0 atom stereocenters. The Morgan fingerprint density at radius 1 is 1.59 bits per heavy atom. The van der Waals surface area contributed by atoms with Gasteiger partial charge in [0.05, 0.1) is 6.33 Å². The summed E-state index contributed by atoms with van der Waals surface area (Å²) in [7, 11) is 0. The van der Waals surface area contributed by atoms with Crippen molar-refractivity contribution < 1.29 is 9.53 Å². The summed E-state index contributed by atoms with van der Waals surface area (Å²) in [5.41, 5.74) is -0.445. The average molecular weight is 304 g/mol. The summed E-state index contributed by atoms with van der Waals surface area (Å²) in [6.45, 7) is 6.93. The van der Waals surface area contributed by atoms with Crippen molar-refractivity contribution in [3.63, 3.8) is 0 Å². The van der Waals surface area contributed by atoms with Crippen LogP contribution in [0.15, 0.2) is 17.1 Å². The second kappa shape index (κ2) is 6.05. The van der Waals surface area contributed by atoms with Crippen molar-refractivity contribution in [3.05, 3.63) is 17.1 Å². The van der Waals surface area contributed by atoms with Crippen LogP contribution >= 0.6 is 15.9 Å². The number of carbonyl (C=O) groups is 1. The van der Waals surface area contributed by atoms with E-state index in [0.717, 1.165) is 17.6 Å². The molecule has 1 aromatic rings. The van der Waals surface area contributed by atoms with Gasteiger partial charge in [-0.2, -0.15) is 0 Å². The molecule has 1 rings (SSSR count).